The summed E-state index contributed by atoms with van der Waals surface area (Å²) in [5.74, 6) is -0.0642. The number of nitrogens with zero attached hydrogens (tertiary/aromatic N) is 4. The van der Waals surface area contributed by atoms with Crippen molar-refractivity contribution in [3.63, 3.8) is 0 Å². The molecule has 0 bridgehead atoms. The van der Waals surface area contributed by atoms with Crippen molar-refractivity contribution in [1.29, 1.82) is 0 Å². The largest absolute Gasteiger partial charge is 0.371 e. The van der Waals surface area contributed by atoms with Crippen LogP contribution in [0.5, 0.6) is 0 Å². The van der Waals surface area contributed by atoms with Crippen molar-refractivity contribution in [2.75, 3.05) is 50.7 Å². The van der Waals surface area contributed by atoms with Crippen LogP contribution in [0.15, 0.2) is 18.2 Å². The molecule has 5 rings (SSSR count). The molecular formula is C22H30N6O2. The third kappa shape index (κ3) is 3.70. The van der Waals surface area contributed by atoms with Gasteiger partial charge < -0.3 is 15.1 Å². The number of hydrogen-bond acceptors (Lipinski definition) is 6. The van der Waals surface area contributed by atoms with Crippen LogP contribution < -0.4 is 15.5 Å². The lowest BCUT2D eigenvalue weighted by molar-refractivity contribution is -0.134. The van der Waals surface area contributed by atoms with Gasteiger partial charge in [0.25, 0.3) is 0 Å². The number of aryl methyl sites for hydroxylation is 1. The summed E-state index contributed by atoms with van der Waals surface area (Å²) in [5.41, 5.74) is 3.04. The van der Waals surface area contributed by atoms with Crippen molar-refractivity contribution in [2.45, 2.75) is 25.2 Å². The molecule has 1 aromatic carbocycles. The Morgan fingerprint density at radius 1 is 1.13 bits per heavy atom. The van der Waals surface area contributed by atoms with Crippen molar-refractivity contribution >= 4 is 28.4 Å². The lowest BCUT2D eigenvalue weighted by Crippen LogP contribution is -2.45. The van der Waals surface area contributed by atoms with Gasteiger partial charge in [0, 0.05) is 70.4 Å². The molecule has 2 aromatic rings. The number of aromatic nitrogens is 2. The van der Waals surface area contributed by atoms with E-state index in [1.807, 2.05) is 11.7 Å². The number of anilines is 1. The highest BCUT2D eigenvalue weighted by molar-refractivity contribution is 6.02. The Balaban J connectivity index is 1.32. The molecule has 160 valence electrons. The zero-order chi connectivity index (χ0) is 20.7. The number of carbonyl (C=O) groups excluding carboxylic acids is 2. The van der Waals surface area contributed by atoms with Crippen molar-refractivity contribution < 1.29 is 9.59 Å². The summed E-state index contributed by atoms with van der Waals surface area (Å²) in [6, 6.07) is 6.46. The number of amides is 2. The number of nitrogens with one attached hydrogen (secondary N) is 2. The van der Waals surface area contributed by atoms with Crippen molar-refractivity contribution in [3.05, 3.63) is 23.9 Å². The normalized spacial score (nSPS) is 25.8. The van der Waals surface area contributed by atoms with E-state index in [0.29, 0.717) is 18.8 Å². The van der Waals surface area contributed by atoms with Gasteiger partial charge >= 0.3 is 0 Å². The summed E-state index contributed by atoms with van der Waals surface area (Å²) >= 11 is 0. The lowest BCUT2D eigenvalue weighted by atomic mass is 9.93. The molecule has 1 unspecified atom stereocenters. The first-order valence-electron chi connectivity index (χ1n) is 11.1. The number of benzene rings is 1. The number of hydrogen-bond donors (Lipinski definition) is 2. The first kappa shape index (κ1) is 19.5. The Bertz CT molecular complexity index is 964. The van der Waals surface area contributed by atoms with E-state index in [1.54, 1.807) is 0 Å². The Morgan fingerprint density at radius 2 is 1.97 bits per heavy atom. The molecular weight excluding hydrogens is 380 g/mol. The van der Waals surface area contributed by atoms with E-state index in [9.17, 15) is 9.59 Å². The maximum absolute atomic E-state index is 12.3. The van der Waals surface area contributed by atoms with Gasteiger partial charge in [-0.2, -0.15) is 5.10 Å². The van der Waals surface area contributed by atoms with Gasteiger partial charge in [-0.25, -0.2) is 0 Å². The molecule has 30 heavy (non-hydrogen) atoms. The molecule has 2 N–H and O–H groups in total. The third-order valence-corrected chi connectivity index (χ3v) is 6.81. The molecule has 0 aliphatic carbocycles. The molecule has 4 heterocycles. The van der Waals surface area contributed by atoms with Crippen LogP contribution in [0.2, 0.25) is 0 Å². The predicted molar refractivity (Wildman–Crippen MR) is 115 cm³/mol. The molecule has 8 heteroatoms. The highest BCUT2D eigenvalue weighted by atomic mass is 16.2. The summed E-state index contributed by atoms with van der Waals surface area (Å²) in [6.45, 7) is 7.87. The van der Waals surface area contributed by atoms with E-state index >= 15 is 0 Å². The second-order valence-electron chi connectivity index (χ2n) is 8.87. The van der Waals surface area contributed by atoms with Gasteiger partial charge in [-0.3, -0.25) is 19.6 Å². The Labute approximate surface area is 176 Å². The average Bonchev–Trinajstić information content (AvgIpc) is 3.33. The Kier molecular flexibility index (Phi) is 5.20. The van der Waals surface area contributed by atoms with E-state index in [0.717, 1.165) is 55.9 Å². The number of piperidine rings is 1. The van der Waals surface area contributed by atoms with Gasteiger partial charge in [0.15, 0.2) is 0 Å². The molecule has 3 fully saturated rings. The van der Waals surface area contributed by atoms with Gasteiger partial charge in [0.2, 0.25) is 11.8 Å². The minimum atomic E-state index is -0.354. The maximum atomic E-state index is 12.3. The van der Waals surface area contributed by atoms with Crippen molar-refractivity contribution in [1.82, 2.24) is 25.3 Å². The first-order chi connectivity index (χ1) is 14.6. The molecule has 1 aromatic heterocycles. The molecule has 2 atom stereocenters. The van der Waals surface area contributed by atoms with Crippen LogP contribution in [-0.2, 0) is 16.6 Å². The fraction of sp³-hybridized carbons (Fsp3) is 0.591. The molecule has 2 amide bonds. The summed E-state index contributed by atoms with van der Waals surface area (Å²) < 4.78 is 1.87. The maximum Gasteiger partial charge on any atom is 0.235 e. The fourth-order valence-corrected chi connectivity index (χ4v) is 5.16. The van der Waals surface area contributed by atoms with Crippen LogP contribution >= 0.6 is 0 Å². The zero-order valence-electron chi connectivity index (χ0n) is 17.6. The fourth-order valence-electron chi connectivity index (χ4n) is 5.16. The highest BCUT2D eigenvalue weighted by Crippen LogP contribution is 2.33. The van der Waals surface area contributed by atoms with Gasteiger partial charge in [0.1, 0.15) is 0 Å². The standard InChI is InChI=1S/C22H30N6O2/c1-26-19-12-16(28-9-6-15(14-28)13-27-10-7-23-8-11-27)2-3-17(19)21(25-26)18-4-5-20(29)24-22(18)30/h2-3,12,15,18,23H,4-11,13-14H2,1H3,(H,24,29,30)/t15-,18?/m1/s1. The number of piperazine rings is 1. The molecule has 0 spiro atoms. The van der Waals surface area contributed by atoms with E-state index in [2.05, 4.69) is 43.7 Å². The number of imide groups is 1. The molecule has 0 radical (unpaired) electrons. The monoisotopic (exact) mass is 410 g/mol. The number of fused-ring (bicyclic) bond motifs is 1. The van der Waals surface area contributed by atoms with Gasteiger partial charge in [-0.15, -0.1) is 0 Å². The van der Waals surface area contributed by atoms with Crippen LogP contribution in [0.1, 0.15) is 30.9 Å². The Hall–Kier alpha value is -2.45. The number of rotatable bonds is 4. The van der Waals surface area contributed by atoms with Gasteiger partial charge in [0.05, 0.1) is 17.1 Å². The van der Waals surface area contributed by atoms with Crippen molar-refractivity contribution in [2.24, 2.45) is 13.0 Å². The predicted octanol–water partition coefficient (Wildman–Crippen LogP) is 0.825. The minimum Gasteiger partial charge on any atom is -0.371 e. The average molecular weight is 411 g/mol. The summed E-state index contributed by atoms with van der Waals surface area (Å²) in [5, 5.41) is 11.5. The topological polar surface area (TPSA) is 82.5 Å². The molecule has 3 aliphatic heterocycles. The van der Waals surface area contributed by atoms with Crippen LogP contribution in [0.4, 0.5) is 5.69 Å². The minimum absolute atomic E-state index is 0.192. The quantitative estimate of drug-likeness (QED) is 0.727. The summed E-state index contributed by atoms with van der Waals surface area (Å²) in [7, 11) is 1.93. The summed E-state index contributed by atoms with van der Waals surface area (Å²) in [6.07, 6.45) is 2.13. The first-order valence-corrected chi connectivity index (χ1v) is 11.1. The van der Waals surface area contributed by atoms with Crippen LogP contribution in [0, 0.1) is 5.92 Å². The SMILES string of the molecule is Cn1nc(C2CCC(=O)NC2=O)c2ccc(N3CC[C@H](CN4CCNCC4)C3)cc21. The smallest absolute Gasteiger partial charge is 0.235 e. The van der Waals surface area contributed by atoms with Crippen molar-refractivity contribution in [3.8, 4) is 0 Å². The lowest BCUT2D eigenvalue weighted by Gasteiger charge is -2.29. The Morgan fingerprint density at radius 3 is 2.77 bits per heavy atom. The van der Waals surface area contributed by atoms with E-state index in [-0.39, 0.29) is 17.7 Å². The van der Waals surface area contributed by atoms with Gasteiger partial charge in [-0.1, -0.05) is 0 Å². The molecule has 3 aliphatic rings. The van der Waals surface area contributed by atoms with Crippen LogP contribution in [-0.4, -0.2) is 72.3 Å². The number of carbonyl (C=O) groups is 2. The van der Waals surface area contributed by atoms with Crippen LogP contribution in [0.25, 0.3) is 10.9 Å². The second kappa shape index (κ2) is 8.00. The molecule has 0 saturated carbocycles. The van der Waals surface area contributed by atoms with Crippen LogP contribution in [0.3, 0.4) is 0 Å². The van der Waals surface area contributed by atoms with E-state index < -0.39 is 0 Å². The highest BCUT2D eigenvalue weighted by Gasteiger charge is 2.32. The van der Waals surface area contributed by atoms with E-state index in [4.69, 9.17) is 0 Å². The molecule has 8 nitrogen and oxygen atoms in total. The second-order valence-corrected chi connectivity index (χ2v) is 8.87. The zero-order valence-corrected chi connectivity index (χ0v) is 17.6. The third-order valence-electron chi connectivity index (χ3n) is 6.81. The van der Waals surface area contributed by atoms with Gasteiger partial charge in [-0.05, 0) is 37.0 Å². The summed E-state index contributed by atoms with van der Waals surface area (Å²) in [4.78, 5) is 28.9. The molecule has 3 saturated heterocycles. The van der Waals surface area contributed by atoms with E-state index in [1.165, 1.54) is 18.7 Å².